The standard InChI is InChI=1S/C17H32N2O3/c1-6-13-9-7-8-10-19(13)11-17(4,5)16(22)18-14(12(2)3)15(20)21/h12-14H,6-11H2,1-5H3,(H,18,22)(H,20,21). The molecule has 0 aliphatic carbocycles. The van der Waals surface area contributed by atoms with E-state index in [1.165, 1.54) is 19.3 Å². The Hall–Kier alpha value is -1.10. The molecular weight excluding hydrogens is 280 g/mol. The molecule has 1 aliphatic heterocycles. The molecule has 1 aliphatic rings. The van der Waals surface area contributed by atoms with E-state index in [1.54, 1.807) is 0 Å². The van der Waals surface area contributed by atoms with Gasteiger partial charge >= 0.3 is 5.97 Å². The van der Waals surface area contributed by atoms with E-state index in [0.717, 1.165) is 13.0 Å². The SMILES string of the molecule is CCC1CCCCN1CC(C)(C)C(=O)NC(C(=O)O)C(C)C. The fourth-order valence-electron chi connectivity index (χ4n) is 3.16. The number of hydrogen-bond donors (Lipinski definition) is 2. The molecule has 0 spiro atoms. The van der Waals surface area contributed by atoms with Gasteiger partial charge in [-0.1, -0.05) is 27.2 Å². The summed E-state index contributed by atoms with van der Waals surface area (Å²) in [7, 11) is 0. The van der Waals surface area contributed by atoms with Crippen LogP contribution in [0.3, 0.4) is 0 Å². The summed E-state index contributed by atoms with van der Waals surface area (Å²) < 4.78 is 0. The van der Waals surface area contributed by atoms with Gasteiger partial charge in [-0.2, -0.15) is 0 Å². The zero-order valence-electron chi connectivity index (χ0n) is 14.7. The third-order valence-corrected chi connectivity index (χ3v) is 4.65. The Balaban J connectivity index is 2.71. The maximum atomic E-state index is 12.6. The second kappa shape index (κ2) is 7.95. The molecule has 0 bridgehead atoms. The summed E-state index contributed by atoms with van der Waals surface area (Å²) in [5, 5.41) is 11.9. The van der Waals surface area contributed by atoms with E-state index >= 15 is 0 Å². The number of carboxylic acids is 1. The molecule has 1 amide bonds. The summed E-state index contributed by atoms with van der Waals surface area (Å²) in [5.41, 5.74) is -0.590. The van der Waals surface area contributed by atoms with Gasteiger partial charge in [-0.15, -0.1) is 0 Å². The van der Waals surface area contributed by atoms with Crippen molar-refractivity contribution in [2.75, 3.05) is 13.1 Å². The van der Waals surface area contributed by atoms with Crippen LogP contribution in [0.1, 0.15) is 60.3 Å². The predicted octanol–water partition coefficient (Wildman–Crippen LogP) is 2.50. The highest BCUT2D eigenvalue weighted by Crippen LogP contribution is 2.25. The van der Waals surface area contributed by atoms with Crippen molar-refractivity contribution in [2.45, 2.75) is 72.4 Å². The van der Waals surface area contributed by atoms with Gasteiger partial charge < -0.3 is 10.4 Å². The number of rotatable bonds is 7. The van der Waals surface area contributed by atoms with Gasteiger partial charge in [-0.3, -0.25) is 9.69 Å². The van der Waals surface area contributed by atoms with Gasteiger partial charge in [0.1, 0.15) is 6.04 Å². The lowest BCUT2D eigenvalue weighted by molar-refractivity contribution is -0.145. The van der Waals surface area contributed by atoms with Crippen molar-refractivity contribution < 1.29 is 14.7 Å². The number of carboxylic acid groups (broad SMARTS) is 1. The minimum absolute atomic E-state index is 0.129. The van der Waals surface area contributed by atoms with Crippen molar-refractivity contribution in [1.29, 1.82) is 0 Å². The van der Waals surface area contributed by atoms with Crippen LogP contribution in [0.25, 0.3) is 0 Å². The maximum absolute atomic E-state index is 12.6. The van der Waals surface area contributed by atoms with Crippen molar-refractivity contribution in [3.8, 4) is 0 Å². The highest BCUT2D eigenvalue weighted by molar-refractivity contribution is 5.87. The smallest absolute Gasteiger partial charge is 0.326 e. The van der Waals surface area contributed by atoms with Gasteiger partial charge in [0, 0.05) is 12.6 Å². The Labute approximate surface area is 134 Å². The molecule has 0 aromatic carbocycles. The van der Waals surface area contributed by atoms with E-state index in [4.69, 9.17) is 0 Å². The van der Waals surface area contributed by atoms with E-state index in [-0.39, 0.29) is 11.8 Å². The van der Waals surface area contributed by atoms with Crippen LogP contribution < -0.4 is 5.32 Å². The summed E-state index contributed by atoms with van der Waals surface area (Å²) in [5.74, 6) is -1.27. The third-order valence-electron chi connectivity index (χ3n) is 4.65. The lowest BCUT2D eigenvalue weighted by Crippen LogP contribution is -2.53. The first-order valence-electron chi connectivity index (χ1n) is 8.47. The van der Waals surface area contributed by atoms with Gasteiger partial charge in [-0.05, 0) is 45.6 Å². The fourth-order valence-corrected chi connectivity index (χ4v) is 3.16. The van der Waals surface area contributed by atoms with Crippen LogP contribution in [0.15, 0.2) is 0 Å². The predicted molar refractivity (Wildman–Crippen MR) is 87.7 cm³/mol. The third kappa shape index (κ3) is 4.97. The normalized spacial score (nSPS) is 21.6. The zero-order chi connectivity index (χ0) is 16.9. The lowest BCUT2D eigenvalue weighted by atomic mass is 9.88. The monoisotopic (exact) mass is 312 g/mol. The number of piperidine rings is 1. The number of nitrogens with zero attached hydrogens (tertiary/aromatic N) is 1. The first kappa shape index (κ1) is 18.9. The molecule has 2 unspecified atom stereocenters. The molecule has 128 valence electrons. The van der Waals surface area contributed by atoms with Crippen molar-refractivity contribution in [3.05, 3.63) is 0 Å². The number of carbonyl (C=O) groups excluding carboxylic acids is 1. The fraction of sp³-hybridized carbons (Fsp3) is 0.882. The summed E-state index contributed by atoms with van der Waals surface area (Å²) in [6, 6.07) is -0.281. The van der Waals surface area contributed by atoms with Crippen molar-refractivity contribution in [1.82, 2.24) is 10.2 Å². The molecule has 1 heterocycles. The van der Waals surface area contributed by atoms with Crippen LogP contribution in [-0.2, 0) is 9.59 Å². The van der Waals surface area contributed by atoms with Crippen LogP contribution in [0, 0.1) is 11.3 Å². The van der Waals surface area contributed by atoms with E-state index in [0.29, 0.717) is 12.6 Å². The van der Waals surface area contributed by atoms with E-state index in [2.05, 4.69) is 17.1 Å². The van der Waals surface area contributed by atoms with Crippen LogP contribution in [0.5, 0.6) is 0 Å². The van der Waals surface area contributed by atoms with Gasteiger partial charge in [0.25, 0.3) is 0 Å². The van der Waals surface area contributed by atoms with Gasteiger partial charge in [0.15, 0.2) is 0 Å². The molecular formula is C17H32N2O3. The number of hydrogen-bond acceptors (Lipinski definition) is 3. The Morgan fingerprint density at radius 1 is 1.32 bits per heavy atom. The first-order valence-corrected chi connectivity index (χ1v) is 8.47. The Bertz CT molecular complexity index is 393. The second-order valence-corrected chi connectivity index (χ2v) is 7.45. The van der Waals surface area contributed by atoms with Crippen LogP contribution >= 0.6 is 0 Å². The van der Waals surface area contributed by atoms with E-state index in [1.807, 2.05) is 27.7 Å². The molecule has 5 nitrogen and oxygen atoms in total. The Morgan fingerprint density at radius 3 is 2.45 bits per heavy atom. The zero-order valence-corrected chi connectivity index (χ0v) is 14.7. The molecule has 0 saturated carbocycles. The Kier molecular flexibility index (Phi) is 6.85. The van der Waals surface area contributed by atoms with Crippen LogP contribution in [-0.4, -0.2) is 47.1 Å². The molecule has 1 saturated heterocycles. The van der Waals surface area contributed by atoms with Crippen molar-refractivity contribution >= 4 is 11.9 Å². The van der Waals surface area contributed by atoms with Gasteiger partial charge in [0.05, 0.1) is 5.41 Å². The van der Waals surface area contributed by atoms with Crippen molar-refractivity contribution in [3.63, 3.8) is 0 Å². The van der Waals surface area contributed by atoms with E-state index < -0.39 is 17.4 Å². The maximum Gasteiger partial charge on any atom is 0.326 e. The molecule has 2 atom stereocenters. The van der Waals surface area contributed by atoms with Gasteiger partial charge in [0.2, 0.25) is 5.91 Å². The molecule has 0 radical (unpaired) electrons. The number of nitrogens with one attached hydrogen (secondary N) is 1. The van der Waals surface area contributed by atoms with Crippen LogP contribution in [0.4, 0.5) is 0 Å². The minimum Gasteiger partial charge on any atom is -0.480 e. The summed E-state index contributed by atoms with van der Waals surface area (Å²) in [6.07, 6.45) is 4.73. The average molecular weight is 312 g/mol. The topological polar surface area (TPSA) is 69.6 Å². The highest BCUT2D eigenvalue weighted by atomic mass is 16.4. The average Bonchev–Trinajstić information content (AvgIpc) is 2.43. The summed E-state index contributed by atoms with van der Waals surface area (Å²) >= 11 is 0. The second-order valence-electron chi connectivity index (χ2n) is 7.45. The lowest BCUT2D eigenvalue weighted by Gasteiger charge is -2.40. The molecule has 22 heavy (non-hydrogen) atoms. The van der Waals surface area contributed by atoms with Gasteiger partial charge in [-0.25, -0.2) is 4.79 Å². The number of likely N-dealkylation sites (tertiary alicyclic amines) is 1. The largest absolute Gasteiger partial charge is 0.480 e. The first-order chi connectivity index (χ1) is 10.2. The Morgan fingerprint density at radius 2 is 1.95 bits per heavy atom. The molecule has 0 aromatic rings. The van der Waals surface area contributed by atoms with Crippen LogP contribution in [0.2, 0.25) is 0 Å². The number of amides is 1. The molecule has 5 heteroatoms. The summed E-state index contributed by atoms with van der Waals surface area (Å²) in [4.78, 5) is 26.2. The minimum atomic E-state index is -0.969. The van der Waals surface area contributed by atoms with Crippen molar-refractivity contribution in [2.24, 2.45) is 11.3 Å². The molecule has 2 N–H and O–H groups in total. The number of aliphatic carboxylic acids is 1. The quantitative estimate of drug-likeness (QED) is 0.758. The molecule has 1 rings (SSSR count). The number of carbonyl (C=O) groups is 2. The highest BCUT2D eigenvalue weighted by Gasteiger charge is 2.35. The summed E-state index contributed by atoms with van der Waals surface area (Å²) in [6.45, 7) is 11.3. The van der Waals surface area contributed by atoms with E-state index in [9.17, 15) is 14.7 Å². The molecule has 1 fully saturated rings. The molecule has 0 aromatic heterocycles.